The lowest BCUT2D eigenvalue weighted by Crippen LogP contribution is -2.57. The Labute approximate surface area is 109 Å². The van der Waals surface area contributed by atoms with Crippen LogP contribution in [0.5, 0.6) is 0 Å². The topological polar surface area (TPSA) is 52.6 Å². The molecule has 102 valence electrons. The number of amides is 1. The van der Waals surface area contributed by atoms with Crippen molar-refractivity contribution in [1.29, 1.82) is 0 Å². The van der Waals surface area contributed by atoms with E-state index in [0.717, 1.165) is 38.9 Å². The zero-order valence-electron chi connectivity index (χ0n) is 11.4. The van der Waals surface area contributed by atoms with Crippen molar-refractivity contribution >= 4 is 5.91 Å². The van der Waals surface area contributed by atoms with Gasteiger partial charge in [-0.2, -0.15) is 0 Å². The van der Waals surface area contributed by atoms with E-state index in [2.05, 4.69) is 19.2 Å². The summed E-state index contributed by atoms with van der Waals surface area (Å²) in [5, 5.41) is 12.9. The summed E-state index contributed by atoms with van der Waals surface area (Å²) in [5.41, 5.74) is -0.124. The maximum Gasteiger partial charge on any atom is 0.228 e. The highest BCUT2D eigenvalue weighted by molar-refractivity contribution is 5.81. The van der Waals surface area contributed by atoms with Gasteiger partial charge in [-0.05, 0) is 37.1 Å². The lowest BCUT2D eigenvalue weighted by atomic mass is 9.71. The number of aliphatic hydroxyl groups is 1. The quantitative estimate of drug-likeness (QED) is 0.757. The van der Waals surface area contributed by atoms with Gasteiger partial charge in [0.05, 0.1) is 18.1 Å². The molecule has 3 heterocycles. The summed E-state index contributed by atoms with van der Waals surface area (Å²) in [6.07, 6.45) is 3.07. The van der Waals surface area contributed by atoms with Gasteiger partial charge in [0.2, 0.25) is 5.91 Å². The Balaban J connectivity index is 1.78. The fourth-order valence-corrected chi connectivity index (χ4v) is 4.07. The zero-order valence-corrected chi connectivity index (χ0v) is 11.4. The second kappa shape index (κ2) is 3.94. The highest BCUT2D eigenvalue weighted by atomic mass is 16.3. The van der Waals surface area contributed by atoms with Crippen molar-refractivity contribution in [3.63, 3.8) is 0 Å². The van der Waals surface area contributed by atoms with Gasteiger partial charge in [0, 0.05) is 13.1 Å². The molecule has 1 saturated carbocycles. The number of aliphatic hydroxyl groups excluding tert-OH is 1. The first-order valence-electron chi connectivity index (χ1n) is 7.12. The summed E-state index contributed by atoms with van der Waals surface area (Å²) in [6, 6.07) is 0. The van der Waals surface area contributed by atoms with Gasteiger partial charge in [-0.15, -0.1) is 0 Å². The molecule has 3 aliphatic heterocycles. The van der Waals surface area contributed by atoms with E-state index in [1.165, 1.54) is 0 Å². The van der Waals surface area contributed by atoms with Crippen LogP contribution in [0, 0.1) is 17.3 Å². The number of piperidine rings is 1. The van der Waals surface area contributed by atoms with Crippen molar-refractivity contribution in [2.45, 2.75) is 38.6 Å². The molecular weight excluding hydrogens is 228 g/mol. The molecule has 4 aliphatic rings. The number of nitrogens with zero attached hydrogens (tertiary/aromatic N) is 1. The van der Waals surface area contributed by atoms with Gasteiger partial charge < -0.3 is 15.3 Å². The molecule has 2 bridgehead atoms. The largest absolute Gasteiger partial charge is 0.394 e. The first-order chi connectivity index (χ1) is 8.48. The van der Waals surface area contributed by atoms with Crippen molar-refractivity contribution in [2.75, 3.05) is 26.2 Å². The van der Waals surface area contributed by atoms with Crippen molar-refractivity contribution in [3.05, 3.63) is 0 Å². The SMILES string of the molecule is CC1(C)CCNCC1C(=O)N1CC2CC1(CO)C2. The minimum Gasteiger partial charge on any atom is -0.394 e. The Morgan fingerprint density at radius 1 is 1.44 bits per heavy atom. The first-order valence-corrected chi connectivity index (χ1v) is 7.12. The van der Waals surface area contributed by atoms with Crippen molar-refractivity contribution in [2.24, 2.45) is 17.3 Å². The minimum atomic E-state index is -0.199. The van der Waals surface area contributed by atoms with E-state index in [4.69, 9.17) is 0 Å². The Bertz CT molecular complexity index is 357. The van der Waals surface area contributed by atoms with E-state index in [1.54, 1.807) is 0 Å². The average molecular weight is 252 g/mol. The van der Waals surface area contributed by atoms with Crippen molar-refractivity contribution in [3.8, 4) is 0 Å². The molecule has 4 rings (SSSR count). The van der Waals surface area contributed by atoms with Crippen LogP contribution >= 0.6 is 0 Å². The van der Waals surface area contributed by atoms with Crippen molar-refractivity contribution in [1.82, 2.24) is 10.2 Å². The molecular formula is C14H24N2O2. The molecule has 0 aromatic carbocycles. The lowest BCUT2D eigenvalue weighted by Gasteiger charge is -2.45. The zero-order chi connectivity index (χ0) is 13.0. The fraction of sp³-hybridized carbons (Fsp3) is 0.929. The van der Waals surface area contributed by atoms with E-state index in [0.29, 0.717) is 5.92 Å². The summed E-state index contributed by atoms with van der Waals surface area (Å²) in [5.74, 6) is 0.969. The highest BCUT2D eigenvalue weighted by Crippen LogP contribution is 2.51. The predicted octanol–water partition coefficient (Wildman–Crippen LogP) is 0.605. The fourth-order valence-electron chi connectivity index (χ4n) is 4.07. The monoisotopic (exact) mass is 252 g/mol. The molecule has 2 N–H and O–H groups in total. The predicted molar refractivity (Wildman–Crippen MR) is 69.0 cm³/mol. The van der Waals surface area contributed by atoms with E-state index in [-0.39, 0.29) is 29.4 Å². The summed E-state index contributed by atoms with van der Waals surface area (Å²) in [6.45, 7) is 7.19. The number of hydrogen-bond acceptors (Lipinski definition) is 3. The third-order valence-electron chi connectivity index (χ3n) is 5.45. The molecule has 4 fully saturated rings. The molecule has 1 amide bonds. The number of carbonyl (C=O) groups excluding carboxylic acids is 1. The minimum absolute atomic E-state index is 0.0639. The number of hydrogen-bond donors (Lipinski definition) is 2. The highest BCUT2D eigenvalue weighted by Gasteiger charge is 2.58. The van der Waals surface area contributed by atoms with E-state index in [1.807, 2.05) is 4.90 Å². The second-order valence-corrected chi connectivity index (χ2v) is 7.10. The molecule has 4 nitrogen and oxygen atoms in total. The third-order valence-corrected chi connectivity index (χ3v) is 5.45. The normalized spacial score (nSPS) is 41.6. The molecule has 1 atom stereocenters. The molecule has 0 spiro atoms. The van der Waals surface area contributed by atoms with Crippen LogP contribution in [0.2, 0.25) is 0 Å². The Kier molecular flexibility index (Phi) is 2.72. The molecule has 1 unspecified atom stereocenters. The van der Waals surface area contributed by atoms with Gasteiger partial charge in [-0.3, -0.25) is 4.79 Å². The van der Waals surface area contributed by atoms with E-state index in [9.17, 15) is 9.90 Å². The van der Waals surface area contributed by atoms with Crippen LogP contribution in [0.4, 0.5) is 0 Å². The van der Waals surface area contributed by atoms with Crippen LogP contribution in [0.25, 0.3) is 0 Å². The summed E-state index contributed by atoms with van der Waals surface area (Å²) < 4.78 is 0. The lowest BCUT2D eigenvalue weighted by molar-refractivity contribution is -0.145. The van der Waals surface area contributed by atoms with Crippen LogP contribution in [0.3, 0.4) is 0 Å². The molecule has 0 aromatic rings. The van der Waals surface area contributed by atoms with Gasteiger partial charge in [0.25, 0.3) is 0 Å². The number of rotatable bonds is 2. The van der Waals surface area contributed by atoms with Gasteiger partial charge in [-0.25, -0.2) is 0 Å². The van der Waals surface area contributed by atoms with Crippen LogP contribution in [-0.4, -0.2) is 47.7 Å². The van der Waals surface area contributed by atoms with E-state index >= 15 is 0 Å². The molecule has 4 heteroatoms. The maximum atomic E-state index is 12.8. The average Bonchev–Trinajstić information content (AvgIpc) is 2.81. The number of fused-ring (bicyclic) bond motifs is 1. The summed E-state index contributed by atoms with van der Waals surface area (Å²) in [4.78, 5) is 14.8. The van der Waals surface area contributed by atoms with Crippen LogP contribution in [0.15, 0.2) is 0 Å². The van der Waals surface area contributed by atoms with Gasteiger partial charge >= 0.3 is 0 Å². The standard InChI is InChI=1S/C14H24N2O2/c1-13(2)3-4-15-7-11(13)12(18)16-8-10-5-14(16,6-10)9-17/h10-11,15,17H,3-9H2,1-2H3. The first kappa shape index (κ1) is 12.4. The molecule has 18 heavy (non-hydrogen) atoms. The van der Waals surface area contributed by atoms with Crippen LogP contribution in [-0.2, 0) is 4.79 Å². The molecule has 0 radical (unpaired) electrons. The second-order valence-electron chi connectivity index (χ2n) is 7.10. The third kappa shape index (κ3) is 1.62. The Morgan fingerprint density at radius 3 is 2.78 bits per heavy atom. The summed E-state index contributed by atoms with van der Waals surface area (Å²) in [7, 11) is 0. The Hall–Kier alpha value is -0.610. The molecule has 3 saturated heterocycles. The van der Waals surface area contributed by atoms with Crippen LogP contribution < -0.4 is 5.32 Å². The van der Waals surface area contributed by atoms with Crippen molar-refractivity contribution < 1.29 is 9.90 Å². The summed E-state index contributed by atoms with van der Waals surface area (Å²) >= 11 is 0. The number of carbonyl (C=O) groups is 1. The smallest absolute Gasteiger partial charge is 0.228 e. The Morgan fingerprint density at radius 2 is 2.17 bits per heavy atom. The van der Waals surface area contributed by atoms with Gasteiger partial charge in [0.1, 0.15) is 0 Å². The van der Waals surface area contributed by atoms with E-state index < -0.39 is 0 Å². The van der Waals surface area contributed by atoms with Gasteiger partial charge in [-0.1, -0.05) is 13.8 Å². The maximum absolute atomic E-state index is 12.8. The molecule has 0 aromatic heterocycles. The van der Waals surface area contributed by atoms with Crippen LogP contribution in [0.1, 0.15) is 33.1 Å². The molecule has 1 aliphatic carbocycles. The van der Waals surface area contributed by atoms with Gasteiger partial charge in [0.15, 0.2) is 0 Å². The number of nitrogens with one attached hydrogen (secondary N) is 1.